The van der Waals surface area contributed by atoms with Crippen LogP contribution in [-0.2, 0) is 16.1 Å². The molecular formula is C9H17N5O2. The van der Waals surface area contributed by atoms with Crippen LogP contribution in [0.5, 0.6) is 0 Å². The molecule has 1 amide bonds. The lowest BCUT2D eigenvalue weighted by Crippen LogP contribution is -2.30. The van der Waals surface area contributed by atoms with E-state index in [0.29, 0.717) is 19.0 Å². The van der Waals surface area contributed by atoms with Gasteiger partial charge in [-0.1, -0.05) is 0 Å². The maximum Gasteiger partial charge on any atom is 0.241 e. The number of hydrogen-bond donors (Lipinski definition) is 2. The maximum absolute atomic E-state index is 11.4. The van der Waals surface area contributed by atoms with Gasteiger partial charge in [-0.15, -0.1) is 0 Å². The Morgan fingerprint density at radius 2 is 2.50 bits per heavy atom. The van der Waals surface area contributed by atoms with E-state index in [0.717, 1.165) is 0 Å². The Morgan fingerprint density at radius 3 is 3.06 bits per heavy atom. The van der Waals surface area contributed by atoms with Crippen LogP contribution in [0.4, 0.5) is 0 Å². The number of carbonyl (C=O) groups excluding carboxylic acids is 1. The zero-order valence-corrected chi connectivity index (χ0v) is 9.51. The van der Waals surface area contributed by atoms with Gasteiger partial charge >= 0.3 is 0 Å². The summed E-state index contributed by atoms with van der Waals surface area (Å²) in [6.45, 7) is 2.92. The van der Waals surface area contributed by atoms with Crippen LogP contribution < -0.4 is 11.1 Å². The number of aromatic nitrogens is 3. The molecule has 3 N–H and O–H groups in total. The Morgan fingerprint density at radius 1 is 1.75 bits per heavy atom. The second-order valence-corrected chi connectivity index (χ2v) is 3.43. The van der Waals surface area contributed by atoms with Crippen LogP contribution in [0.25, 0.3) is 0 Å². The third-order valence-electron chi connectivity index (χ3n) is 1.90. The first-order valence-electron chi connectivity index (χ1n) is 5.04. The van der Waals surface area contributed by atoms with Crippen LogP contribution in [0, 0.1) is 0 Å². The van der Waals surface area contributed by atoms with Crippen molar-refractivity contribution in [3.05, 3.63) is 12.2 Å². The maximum atomic E-state index is 11.4. The topological polar surface area (TPSA) is 95.1 Å². The number of methoxy groups -OCH3 is 1. The van der Waals surface area contributed by atoms with Crippen LogP contribution >= 0.6 is 0 Å². The van der Waals surface area contributed by atoms with Crippen molar-refractivity contribution in [2.45, 2.75) is 19.5 Å². The Kier molecular flexibility index (Phi) is 4.87. The van der Waals surface area contributed by atoms with Crippen LogP contribution in [0.1, 0.15) is 18.8 Å². The minimum absolute atomic E-state index is 0.127. The molecule has 0 aromatic carbocycles. The summed E-state index contributed by atoms with van der Waals surface area (Å²) in [5, 5.41) is 6.75. The SMILES string of the molecule is COCCNC(=O)Cn1cnc(C(C)N)n1. The van der Waals surface area contributed by atoms with Gasteiger partial charge in [0.05, 0.1) is 12.6 Å². The zero-order valence-electron chi connectivity index (χ0n) is 9.51. The van der Waals surface area contributed by atoms with E-state index in [1.165, 1.54) is 11.0 Å². The molecule has 0 saturated carbocycles. The molecule has 0 fully saturated rings. The lowest BCUT2D eigenvalue weighted by atomic mass is 10.4. The number of carbonyl (C=O) groups is 1. The van der Waals surface area contributed by atoms with Crippen molar-refractivity contribution in [2.24, 2.45) is 5.73 Å². The number of ether oxygens (including phenoxy) is 1. The number of nitrogens with one attached hydrogen (secondary N) is 1. The van der Waals surface area contributed by atoms with E-state index in [1.807, 2.05) is 0 Å². The van der Waals surface area contributed by atoms with Crippen molar-refractivity contribution in [3.63, 3.8) is 0 Å². The average molecular weight is 227 g/mol. The van der Waals surface area contributed by atoms with Crippen molar-refractivity contribution in [1.29, 1.82) is 0 Å². The number of nitrogens with two attached hydrogens (primary N) is 1. The fourth-order valence-corrected chi connectivity index (χ4v) is 1.09. The lowest BCUT2D eigenvalue weighted by molar-refractivity contribution is -0.122. The quantitative estimate of drug-likeness (QED) is 0.612. The summed E-state index contributed by atoms with van der Waals surface area (Å²) >= 11 is 0. The standard InChI is InChI=1S/C9H17N5O2/c1-7(10)9-12-6-14(13-9)5-8(15)11-3-4-16-2/h6-7H,3-5,10H2,1-2H3,(H,11,15). The van der Waals surface area contributed by atoms with E-state index in [1.54, 1.807) is 14.0 Å². The van der Waals surface area contributed by atoms with Crippen LogP contribution in [0.2, 0.25) is 0 Å². The highest BCUT2D eigenvalue weighted by molar-refractivity contribution is 5.75. The van der Waals surface area contributed by atoms with Gasteiger partial charge in [0, 0.05) is 13.7 Å². The molecule has 0 saturated heterocycles. The summed E-state index contributed by atoms with van der Waals surface area (Å²) in [6, 6.07) is -0.224. The molecular weight excluding hydrogens is 210 g/mol. The van der Waals surface area contributed by atoms with Crippen LogP contribution in [-0.4, -0.2) is 40.9 Å². The van der Waals surface area contributed by atoms with E-state index in [-0.39, 0.29) is 18.5 Å². The van der Waals surface area contributed by atoms with E-state index in [9.17, 15) is 4.79 Å². The molecule has 1 aromatic rings. The highest BCUT2D eigenvalue weighted by atomic mass is 16.5. The molecule has 1 unspecified atom stereocenters. The van der Waals surface area contributed by atoms with E-state index in [4.69, 9.17) is 10.5 Å². The van der Waals surface area contributed by atoms with Gasteiger partial charge in [-0.2, -0.15) is 5.10 Å². The van der Waals surface area contributed by atoms with Gasteiger partial charge in [-0.05, 0) is 6.92 Å². The molecule has 0 aliphatic carbocycles. The first kappa shape index (κ1) is 12.6. The number of nitrogens with zero attached hydrogens (tertiary/aromatic N) is 3. The van der Waals surface area contributed by atoms with Crippen molar-refractivity contribution in [3.8, 4) is 0 Å². The summed E-state index contributed by atoms with van der Waals surface area (Å²) in [4.78, 5) is 15.4. The number of rotatable bonds is 6. The third-order valence-corrected chi connectivity index (χ3v) is 1.90. The molecule has 0 bridgehead atoms. The Labute approximate surface area is 94.0 Å². The largest absolute Gasteiger partial charge is 0.383 e. The van der Waals surface area contributed by atoms with E-state index in [2.05, 4.69) is 15.4 Å². The molecule has 0 radical (unpaired) electrons. The highest BCUT2D eigenvalue weighted by Crippen LogP contribution is 2.00. The van der Waals surface area contributed by atoms with Crippen molar-refractivity contribution in [1.82, 2.24) is 20.1 Å². The molecule has 7 heteroatoms. The van der Waals surface area contributed by atoms with Gasteiger partial charge in [0.15, 0.2) is 5.82 Å². The first-order chi connectivity index (χ1) is 7.63. The summed E-state index contributed by atoms with van der Waals surface area (Å²) in [5.41, 5.74) is 5.60. The van der Waals surface area contributed by atoms with E-state index < -0.39 is 0 Å². The Hall–Kier alpha value is -1.47. The smallest absolute Gasteiger partial charge is 0.241 e. The molecule has 1 heterocycles. The van der Waals surface area contributed by atoms with Gasteiger partial charge in [-0.3, -0.25) is 4.79 Å². The molecule has 90 valence electrons. The summed E-state index contributed by atoms with van der Waals surface area (Å²) in [5.74, 6) is 0.405. The van der Waals surface area contributed by atoms with Crippen LogP contribution in [0.15, 0.2) is 6.33 Å². The molecule has 0 spiro atoms. The van der Waals surface area contributed by atoms with Gasteiger partial charge in [0.2, 0.25) is 5.91 Å². The van der Waals surface area contributed by atoms with Gasteiger partial charge < -0.3 is 15.8 Å². The summed E-state index contributed by atoms with van der Waals surface area (Å²) in [6.07, 6.45) is 1.49. The molecule has 1 aromatic heterocycles. The predicted molar refractivity (Wildman–Crippen MR) is 57.5 cm³/mol. The number of amides is 1. The van der Waals surface area contributed by atoms with Crippen molar-refractivity contribution < 1.29 is 9.53 Å². The fourth-order valence-electron chi connectivity index (χ4n) is 1.09. The molecule has 7 nitrogen and oxygen atoms in total. The van der Waals surface area contributed by atoms with Crippen molar-refractivity contribution in [2.75, 3.05) is 20.3 Å². The first-order valence-corrected chi connectivity index (χ1v) is 5.04. The monoisotopic (exact) mass is 227 g/mol. The molecule has 1 atom stereocenters. The summed E-state index contributed by atoms with van der Waals surface area (Å²) < 4.78 is 6.27. The second kappa shape index (κ2) is 6.19. The predicted octanol–water partition coefficient (Wildman–Crippen LogP) is -0.940. The third kappa shape index (κ3) is 3.95. The van der Waals surface area contributed by atoms with Gasteiger partial charge in [0.25, 0.3) is 0 Å². The molecule has 1 rings (SSSR count). The molecule has 16 heavy (non-hydrogen) atoms. The minimum atomic E-state index is -0.224. The Bertz CT molecular complexity index is 336. The fraction of sp³-hybridized carbons (Fsp3) is 0.667. The minimum Gasteiger partial charge on any atom is -0.383 e. The lowest BCUT2D eigenvalue weighted by Gasteiger charge is -2.03. The normalized spacial score (nSPS) is 12.4. The number of hydrogen-bond acceptors (Lipinski definition) is 5. The molecule has 0 aliphatic heterocycles. The molecule has 0 aliphatic rings. The van der Waals surface area contributed by atoms with E-state index >= 15 is 0 Å². The Balaban J connectivity index is 2.37. The summed E-state index contributed by atoms with van der Waals surface area (Å²) in [7, 11) is 1.58. The average Bonchev–Trinajstić information content (AvgIpc) is 2.66. The highest BCUT2D eigenvalue weighted by Gasteiger charge is 2.07. The van der Waals surface area contributed by atoms with Crippen molar-refractivity contribution >= 4 is 5.91 Å². The zero-order chi connectivity index (χ0) is 12.0. The van der Waals surface area contributed by atoms with Crippen LogP contribution in [0.3, 0.4) is 0 Å². The second-order valence-electron chi connectivity index (χ2n) is 3.43. The van der Waals surface area contributed by atoms with Gasteiger partial charge in [-0.25, -0.2) is 9.67 Å². The van der Waals surface area contributed by atoms with Gasteiger partial charge in [0.1, 0.15) is 12.9 Å².